The molecule has 3 rings (SSSR count). The van der Waals surface area contributed by atoms with E-state index in [0.29, 0.717) is 13.0 Å². The fourth-order valence-corrected chi connectivity index (χ4v) is 2.61. The minimum atomic E-state index is 0.0199. The Hall–Kier alpha value is -1.35. The van der Waals surface area contributed by atoms with Gasteiger partial charge in [0.1, 0.15) is 6.23 Å². The van der Waals surface area contributed by atoms with Crippen molar-refractivity contribution in [2.24, 2.45) is 0 Å². The lowest BCUT2D eigenvalue weighted by molar-refractivity contribution is -0.142. The van der Waals surface area contributed by atoms with Crippen molar-refractivity contribution in [3.63, 3.8) is 0 Å². The largest absolute Gasteiger partial charge is 0.356 e. The van der Waals surface area contributed by atoms with E-state index >= 15 is 0 Å². The van der Waals surface area contributed by atoms with E-state index in [1.54, 1.807) is 0 Å². The molecule has 0 bridgehead atoms. The van der Waals surface area contributed by atoms with Gasteiger partial charge in [-0.15, -0.1) is 0 Å². The Morgan fingerprint density at radius 3 is 2.88 bits per heavy atom. The monoisotopic (exact) mass is 217 g/mol. The van der Waals surface area contributed by atoms with Gasteiger partial charge in [-0.2, -0.15) is 0 Å². The van der Waals surface area contributed by atoms with Crippen molar-refractivity contribution in [2.45, 2.75) is 31.5 Å². The zero-order valence-corrected chi connectivity index (χ0v) is 9.13. The van der Waals surface area contributed by atoms with Gasteiger partial charge in [-0.25, -0.2) is 0 Å². The molecule has 3 heteroatoms. The number of nitrogens with zero attached hydrogens (tertiary/aromatic N) is 1. The molecule has 1 amide bonds. The smallest absolute Gasteiger partial charge is 0.225 e. The number of carbonyl (C=O) groups is 1. The fourth-order valence-electron chi connectivity index (χ4n) is 2.61. The van der Waals surface area contributed by atoms with E-state index in [9.17, 15) is 4.79 Å². The van der Waals surface area contributed by atoms with Crippen molar-refractivity contribution < 1.29 is 9.53 Å². The quantitative estimate of drug-likeness (QED) is 0.721. The molecule has 2 aliphatic rings. The van der Waals surface area contributed by atoms with Gasteiger partial charge in [0, 0.05) is 6.42 Å². The summed E-state index contributed by atoms with van der Waals surface area (Å²) in [5.41, 5.74) is 1.18. The summed E-state index contributed by atoms with van der Waals surface area (Å²) in [6.45, 7) is 0.639. The second kappa shape index (κ2) is 3.91. The molecule has 2 fully saturated rings. The molecule has 0 radical (unpaired) electrons. The van der Waals surface area contributed by atoms with E-state index < -0.39 is 0 Å². The van der Waals surface area contributed by atoms with E-state index in [1.807, 2.05) is 23.1 Å². The average molecular weight is 217 g/mol. The molecule has 0 aliphatic carbocycles. The standard InChI is InChI=1S/C13H15NO2/c15-12-7-4-8-13-14(12)11(9-16-13)10-5-2-1-3-6-10/h1-3,5-6,11,13H,4,7-9H2/t11?,13-/m1/s1. The second-order valence-corrected chi connectivity index (χ2v) is 4.41. The molecule has 1 aromatic carbocycles. The van der Waals surface area contributed by atoms with Gasteiger partial charge in [-0.05, 0) is 18.4 Å². The highest BCUT2D eigenvalue weighted by molar-refractivity contribution is 5.78. The highest BCUT2D eigenvalue weighted by Crippen LogP contribution is 2.35. The molecule has 16 heavy (non-hydrogen) atoms. The van der Waals surface area contributed by atoms with Crippen LogP contribution in [0.1, 0.15) is 30.9 Å². The first-order chi connectivity index (χ1) is 7.86. The third-order valence-corrected chi connectivity index (χ3v) is 3.41. The molecule has 2 saturated heterocycles. The Morgan fingerprint density at radius 1 is 1.25 bits per heavy atom. The van der Waals surface area contributed by atoms with Crippen LogP contribution in [0.3, 0.4) is 0 Å². The maximum atomic E-state index is 11.9. The highest BCUT2D eigenvalue weighted by Gasteiger charge is 2.40. The summed E-state index contributed by atoms with van der Waals surface area (Å²) >= 11 is 0. The lowest BCUT2D eigenvalue weighted by Gasteiger charge is -2.32. The molecule has 2 atom stereocenters. The number of hydrogen-bond donors (Lipinski definition) is 0. The van der Waals surface area contributed by atoms with E-state index in [2.05, 4.69) is 12.1 Å². The van der Waals surface area contributed by atoms with Crippen molar-refractivity contribution in [3.8, 4) is 0 Å². The van der Waals surface area contributed by atoms with Crippen molar-refractivity contribution in [2.75, 3.05) is 6.61 Å². The molecule has 0 spiro atoms. The summed E-state index contributed by atoms with van der Waals surface area (Å²) in [7, 11) is 0. The van der Waals surface area contributed by atoms with Crippen molar-refractivity contribution >= 4 is 5.91 Å². The molecule has 0 N–H and O–H groups in total. The average Bonchev–Trinajstić information content (AvgIpc) is 2.75. The first-order valence-corrected chi connectivity index (χ1v) is 5.84. The van der Waals surface area contributed by atoms with Crippen molar-refractivity contribution in [1.82, 2.24) is 4.90 Å². The zero-order chi connectivity index (χ0) is 11.0. The number of piperidine rings is 1. The van der Waals surface area contributed by atoms with Crippen LogP contribution in [0.4, 0.5) is 0 Å². The first-order valence-electron chi connectivity index (χ1n) is 5.84. The first kappa shape index (κ1) is 9.85. The lowest BCUT2D eigenvalue weighted by atomic mass is 10.0. The molecular weight excluding hydrogens is 202 g/mol. The maximum Gasteiger partial charge on any atom is 0.225 e. The molecule has 2 heterocycles. The Labute approximate surface area is 95.0 Å². The molecule has 2 aliphatic heterocycles. The van der Waals surface area contributed by atoms with Crippen molar-refractivity contribution in [3.05, 3.63) is 35.9 Å². The van der Waals surface area contributed by atoms with Crippen LogP contribution in [-0.2, 0) is 9.53 Å². The lowest BCUT2D eigenvalue weighted by Crippen LogP contribution is -2.41. The van der Waals surface area contributed by atoms with Crippen LogP contribution in [0.15, 0.2) is 30.3 Å². The SMILES string of the molecule is O=C1CCC[C@H]2OCC(c3ccccc3)N12. The molecule has 3 nitrogen and oxygen atoms in total. The van der Waals surface area contributed by atoms with Gasteiger partial charge in [-0.1, -0.05) is 30.3 Å². The predicted molar refractivity (Wildman–Crippen MR) is 59.6 cm³/mol. The molecule has 0 saturated carbocycles. The number of ether oxygens (including phenoxy) is 1. The van der Waals surface area contributed by atoms with E-state index in [0.717, 1.165) is 12.8 Å². The van der Waals surface area contributed by atoms with Crippen LogP contribution in [0.25, 0.3) is 0 Å². The molecule has 84 valence electrons. The van der Waals surface area contributed by atoms with Gasteiger partial charge >= 0.3 is 0 Å². The Balaban J connectivity index is 1.89. The van der Waals surface area contributed by atoms with Gasteiger partial charge < -0.3 is 9.64 Å². The summed E-state index contributed by atoms with van der Waals surface area (Å²) in [5, 5.41) is 0. The van der Waals surface area contributed by atoms with Crippen LogP contribution >= 0.6 is 0 Å². The van der Waals surface area contributed by atoms with Gasteiger partial charge in [0.15, 0.2) is 0 Å². The second-order valence-electron chi connectivity index (χ2n) is 4.41. The van der Waals surface area contributed by atoms with E-state index in [4.69, 9.17) is 4.74 Å². The van der Waals surface area contributed by atoms with Crippen molar-refractivity contribution in [1.29, 1.82) is 0 Å². The minimum absolute atomic E-state index is 0.0199. The number of carbonyl (C=O) groups excluding carboxylic acids is 1. The van der Waals surface area contributed by atoms with Crippen LogP contribution in [0.5, 0.6) is 0 Å². The summed E-state index contributed by atoms with van der Waals surface area (Å²) < 4.78 is 5.70. The minimum Gasteiger partial charge on any atom is -0.356 e. The normalized spacial score (nSPS) is 29.2. The number of benzene rings is 1. The molecular formula is C13H15NO2. The Kier molecular flexibility index (Phi) is 2.40. The van der Waals surface area contributed by atoms with Crippen LogP contribution in [-0.4, -0.2) is 23.6 Å². The Bertz CT molecular complexity index is 390. The third kappa shape index (κ3) is 1.52. The van der Waals surface area contributed by atoms with Crippen LogP contribution < -0.4 is 0 Å². The van der Waals surface area contributed by atoms with Gasteiger partial charge in [0.25, 0.3) is 0 Å². The van der Waals surface area contributed by atoms with Crippen LogP contribution in [0, 0.1) is 0 Å². The van der Waals surface area contributed by atoms with Gasteiger partial charge in [0.05, 0.1) is 12.6 Å². The third-order valence-electron chi connectivity index (χ3n) is 3.41. The summed E-state index contributed by atoms with van der Waals surface area (Å²) in [4.78, 5) is 13.8. The fraction of sp³-hybridized carbons (Fsp3) is 0.462. The maximum absolute atomic E-state index is 11.9. The van der Waals surface area contributed by atoms with Crippen LogP contribution in [0.2, 0.25) is 0 Å². The highest BCUT2D eigenvalue weighted by atomic mass is 16.5. The molecule has 1 unspecified atom stereocenters. The molecule has 1 aromatic rings. The summed E-state index contributed by atoms with van der Waals surface area (Å²) in [6, 6.07) is 10.3. The number of amides is 1. The molecule has 0 aromatic heterocycles. The summed E-state index contributed by atoms with van der Waals surface area (Å²) in [5.74, 6) is 0.239. The number of hydrogen-bond acceptors (Lipinski definition) is 2. The van der Waals surface area contributed by atoms with Gasteiger partial charge in [0.2, 0.25) is 5.91 Å². The van der Waals surface area contributed by atoms with E-state index in [-0.39, 0.29) is 18.2 Å². The topological polar surface area (TPSA) is 29.5 Å². The Morgan fingerprint density at radius 2 is 2.06 bits per heavy atom. The van der Waals surface area contributed by atoms with E-state index in [1.165, 1.54) is 5.56 Å². The number of fused-ring (bicyclic) bond motifs is 1. The number of rotatable bonds is 1. The summed E-state index contributed by atoms with van der Waals surface area (Å²) in [6.07, 6.45) is 2.63. The predicted octanol–water partition coefficient (Wildman–Crippen LogP) is 2.10. The van der Waals surface area contributed by atoms with Gasteiger partial charge in [-0.3, -0.25) is 4.79 Å². The zero-order valence-electron chi connectivity index (χ0n) is 9.13.